The molecule has 2 aromatic rings. The molecule has 2 aromatic heterocycles. The minimum absolute atomic E-state index is 0.0149. The summed E-state index contributed by atoms with van der Waals surface area (Å²) in [5, 5.41) is 9.02. The molecule has 0 spiro atoms. The molecule has 1 saturated heterocycles. The topological polar surface area (TPSA) is 125 Å². The Kier molecular flexibility index (Phi) is 2.72. The zero-order valence-electron chi connectivity index (χ0n) is 9.90. The third-order valence-corrected chi connectivity index (χ3v) is 3.07. The van der Waals surface area contributed by atoms with Gasteiger partial charge in [-0.25, -0.2) is 9.37 Å². The highest BCUT2D eigenvalue weighted by molar-refractivity contribution is 5.82. The molecule has 3 rings (SSSR count). The van der Waals surface area contributed by atoms with Gasteiger partial charge in [0.1, 0.15) is 11.7 Å². The molecule has 1 fully saturated rings. The zero-order valence-corrected chi connectivity index (χ0v) is 9.90. The van der Waals surface area contributed by atoms with Gasteiger partial charge in [-0.3, -0.25) is 4.57 Å². The van der Waals surface area contributed by atoms with Gasteiger partial charge in [-0.2, -0.15) is 9.97 Å². The van der Waals surface area contributed by atoms with Crippen molar-refractivity contribution >= 4 is 22.9 Å². The van der Waals surface area contributed by atoms with Crippen molar-refractivity contribution in [2.24, 2.45) is 0 Å². The molecule has 0 aliphatic carbocycles. The largest absolute Gasteiger partial charge is 0.394 e. The van der Waals surface area contributed by atoms with Crippen molar-refractivity contribution in [3.8, 4) is 0 Å². The summed E-state index contributed by atoms with van der Waals surface area (Å²) in [5.41, 5.74) is 11.9. The number of aliphatic hydroxyl groups is 1. The number of nitrogens with two attached hydrogens (primary N) is 2. The molecule has 0 amide bonds. The van der Waals surface area contributed by atoms with Crippen molar-refractivity contribution in [3.63, 3.8) is 0 Å². The molecule has 5 N–H and O–H groups in total. The quantitative estimate of drug-likeness (QED) is 0.677. The Labute approximate surface area is 107 Å². The molecular weight excluding hydrogens is 255 g/mol. The Balaban J connectivity index is 2.06. The van der Waals surface area contributed by atoms with E-state index in [1.54, 1.807) is 0 Å². The predicted octanol–water partition coefficient (Wildman–Crippen LogP) is -0.391. The Morgan fingerprint density at radius 3 is 2.95 bits per heavy atom. The van der Waals surface area contributed by atoms with Gasteiger partial charge in [-0.15, -0.1) is 0 Å². The number of fused-ring (bicyclic) bond motifs is 1. The summed E-state index contributed by atoms with van der Waals surface area (Å²) in [6.45, 7) is -0.233. The van der Waals surface area contributed by atoms with E-state index in [4.69, 9.17) is 21.3 Å². The normalized spacial score (nSPS) is 27.2. The molecule has 9 heteroatoms. The van der Waals surface area contributed by atoms with Crippen molar-refractivity contribution in [1.82, 2.24) is 19.5 Å². The van der Waals surface area contributed by atoms with Crippen LogP contribution in [0.5, 0.6) is 0 Å². The van der Waals surface area contributed by atoms with E-state index >= 15 is 0 Å². The Bertz CT molecular complexity index is 617. The number of alkyl halides is 1. The highest BCUT2D eigenvalue weighted by Crippen LogP contribution is 2.33. The molecule has 102 valence electrons. The number of imidazole rings is 1. The van der Waals surface area contributed by atoms with Gasteiger partial charge in [-0.1, -0.05) is 0 Å². The van der Waals surface area contributed by atoms with Crippen molar-refractivity contribution in [2.75, 3.05) is 18.1 Å². The number of rotatable bonds is 2. The highest BCUT2D eigenvalue weighted by Gasteiger charge is 2.37. The maximum Gasteiger partial charge on any atom is 0.224 e. The monoisotopic (exact) mass is 268 g/mol. The van der Waals surface area contributed by atoms with E-state index in [-0.39, 0.29) is 24.8 Å². The number of nitrogens with zero attached hydrogens (tertiary/aromatic N) is 4. The summed E-state index contributed by atoms with van der Waals surface area (Å²) in [6, 6.07) is 0. The molecule has 19 heavy (non-hydrogen) atoms. The van der Waals surface area contributed by atoms with Crippen LogP contribution < -0.4 is 11.5 Å². The van der Waals surface area contributed by atoms with Crippen molar-refractivity contribution < 1.29 is 14.2 Å². The lowest BCUT2D eigenvalue weighted by molar-refractivity contribution is -0.0351. The van der Waals surface area contributed by atoms with Crippen LogP contribution in [0.4, 0.5) is 16.2 Å². The van der Waals surface area contributed by atoms with Crippen molar-refractivity contribution in [1.29, 1.82) is 0 Å². The molecule has 0 bridgehead atoms. The molecular formula is C10H13FN6O2. The summed E-state index contributed by atoms with van der Waals surface area (Å²) in [4.78, 5) is 11.8. The van der Waals surface area contributed by atoms with Gasteiger partial charge in [0.2, 0.25) is 5.95 Å². The van der Waals surface area contributed by atoms with Gasteiger partial charge in [-0.05, 0) is 0 Å². The van der Waals surface area contributed by atoms with Crippen molar-refractivity contribution in [3.05, 3.63) is 6.33 Å². The second kappa shape index (κ2) is 4.28. The third-order valence-electron chi connectivity index (χ3n) is 3.07. The van der Waals surface area contributed by atoms with Crippen LogP contribution in [0.2, 0.25) is 0 Å². The summed E-state index contributed by atoms with van der Waals surface area (Å²) in [6.07, 6.45) is -1.18. The molecule has 3 heterocycles. The number of aliphatic hydroxyl groups excluding tert-OH is 1. The molecule has 1 aliphatic heterocycles. The van der Waals surface area contributed by atoms with E-state index in [9.17, 15) is 4.39 Å². The number of halogens is 1. The van der Waals surface area contributed by atoms with Gasteiger partial charge >= 0.3 is 0 Å². The first-order valence-electron chi connectivity index (χ1n) is 5.76. The van der Waals surface area contributed by atoms with Gasteiger partial charge in [0.15, 0.2) is 17.7 Å². The lowest BCUT2D eigenvalue weighted by atomic mass is 10.2. The fourth-order valence-electron chi connectivity index (χ4n) is 2.21. The van der Waals surface area contributed by atoms with Crippen LogP contribution in [0.25, 0.3) is 11.2 Å². The smallest absolute Gasteiger partial charge is 0.224 e. The van der Waals surface area contributed by atoms with Crippen LogP contribution >= 0.6 is 0 Å². The van der Waals surface area contributed by atoms with E-state index < -0.39 is 18.5 Å². The number of hydrogen-bond acceptors (Lipinski definition) is 7. The first kappa shape index (κ1) is 12.1. The molecule has 0 radical (unpaired) electrons. The van der Waals surface area contributed by atoms with Crippen LogP contribution in [0, 0.1) is 0 Å². The highest BCUT2D eigenvalue weighted by atomic mass is 19.1. The molecule has 1 aliphatic rings. The minimum Gasteiger partial charge on any atom is -0.394 e. The number of aromatic nitrogens is 4. The standard InChI is InChI=1S/C10H13FN6O2/c11-5-1-4(2-18)19-9(5)17-3-14-6-7(12)15-10(13)16-8(6)17/h3-5,9,18H,1-2H2,(H4,12,13,15,16). The van der Waals surface area contributed by atoms with E-state index in [0.717, 1.165) is 0 Å². The van der Waals surface area contributed by atoms with Crippen LogP contribution in [0.1, 0.15) is 12.6 Å². The summed E-state index contributed by atoms with van der Waals surface area (Å²) >= 11 is 0. The van der Waals surface area contributed by atoms with Crippen LogP contribution in [0.15, 0.2) is 6.33 Å². The van der Waals surface area contributed by atoms with E-state index in [0.29, 0.717) is 11.2 Å². The van der Waals surface area contributed by atoms with Gasteiger partial charge in [0.25, 0.3) is 0 Å². The van der Waals surface area contributed by atoms with E-state index in [1.807, 2.05) is 0 Å². The first-order chi connectivity index (χ1) is 9.10. The van der Waals surface area contributed by atoms with Crippen LogP contribution in [-0.2, 0) is 4.74 Å². The first-order valence-corrected chi connectivity index (χ1v) is 5.76. The second-order valence-corrected chi connectivity index (χ2v) is 4.37. The number of ether oxygens (including phenoxy) is 1. The molecule has 8 nitrogen and oxygen atoms in total. The average molecular weight is 268 g/mol. The van der Waals surface area contributed by atoms with Gasteiger partial charge in [0, 0.05) is 6.42 Å². The molecule has 3 unspecified atom stereocenters. The fraction of sp³-hybridized carbons (Fsp3) is 0.500. The maximum atomic E-state index is 13.9. The lowest BCUT2D eigenvalue weighted by Crippen LogP contribution is -2.17. The Morgan fingerprint density at radius 1 is 1.47 bits per heavy atom. The summed E-state index contributed by atoms with van der Waals surface area (Å²) < 4.78 is 20.8. The second-order valence-electron chi connectivity index (χ2n) is 4.37. The van der Waals surface area contributed by atoms with E-state index in [1.165, 1.54) is 10.9 Å². The molecule has 3 atom stereocenters. The molecule has 0 aromatic carbocycles. The lowest BCUT2D eigenvalue weighted by Gasteiger charge is -2.15. The Morgan fingerprint density at radius 2 is 2.26 bits per heavy atom. The SMILES string of the molecule is Nc1nc(N)c2ncn(C3OC(CO)CC3F)c2n1. The molecule has 0 saturated carbocycles. The van der Waals surface area contributed by atoms with Gasteiger partial charge < -0.3 is 21.3 Å². The van der Waals surface area contributed by atoms with E-state index in [2.05, 4.69) is 15.0 Å². The minimum atomic E-state index is -1.26. The number of hydrogen-bond donors (Lipinski definition) is 3. The Hall–Kier alpha value is -2.00. The van der Waals surface area contributed by atoms with Gasteiger partial charge in [0.05, 0.1) is 19.0 Å². The maximum absolute atomic E-state index is 13.9. The van der Waals surface area contributed by atoms with Crippen LogP contribution in [0.3, 0.4) is 0 Å². The third kappa shape index (κ3) is 1.87. The zero-order chi connectivity index (χ0) is 13.6. The predicted molar refractivity (Wildman–Crippen MR) is 64.7 cm³/mol. The summed E-state index contributed by atoms with van der Waals surface area (Å²) in [5.74, 6) is 0.118. The van der Waals surface area contributed by atoms with Crippen molar-refractivity contribution in [2.45, 2.75) is 24.9 Å². The number of nitrogen functional groups attached to an aromatic ring is 2. The average Bonchev–Trinajstić information content (AvgIpc) is 2.92. The number of anilines is 2. The van der Waals surface area contributed by atoms with Crippen LogP contribution in [-0.4, -0.2) is 43.5 Å². The fourth-order valence-corrected chi connectivity index (χ4v) is 2.21. The summed E-state index contributed by atoms with van der Waals surface area (Å²) in [7, 11) is 0.